The first-order chi connectivity index (χ1) is 8.16. The number of anilines is 1. The molecule has 2 heteroatoms. The van der Waals surface area contributed by atoms with Gasteiger partial charge in [0.15, 0.2) is 0 Å². The second kappa shape index (κ2) is 5.54. The zero-order chi connectivity index (χ0) is 12.3. The van der Waals surface area contributed by atoms with Crippen LogP contribution in [-0.2, 0) is 0 Å². The Bertz CT molecular complexity index is 367. The molecule has 1 aliphatic heterocycles. The Morgan fingerprint density at radius 2 is 2.06 bits per heavy atom. The van der Waals surface area contributed by atoms with Gasteiger partial charge in [0.25, 0.3) is 0 Å². The SMILES string of the molecule is Cc1ccc(N(C)CC2CCCCN2)cc1C. The third kappa shape index (κ3) is 3.22. The van der Waals surface area contributed by atoms with Crippen molar-refractivity contribution in [3.8, 4) is 0 Å². The Morgan fingerprint density at radius 3 is 2.71 bits per heavy atom. The van der Waals surface area contributed by atoms with Gasteiger partial charge in [-0.2, -0.15) is 0 Å². The van der Waals surface area contributed by atoms with Crippen LogP contribution in [0.25, 0.3) is 0 Å². The first-order valence-electron chi connectivity index (χ1n) is 6.68. The molecule has 1 fully saturated rings. The molecule has 94 valence electrons. The Kier molecular flexibility index (Phi) is 4.06. The molecule has 0 saturated carbocycles. The highest BCUT2D eigenvalue weighted by molar-refractivity contribution is 5.50. The molecule has 1 heterocycles. The van der Waals surface area contributed by atoms with Crippen molar-refractivity contribution in [1.29, 1.82) is 0 Å². The van der Waals surface area contributed by atoms with E-state index >= 15 is 0 Å². The molecule has 0 bridgehead atoms. The van der Waals surface area contributed by atoms with Gasteiger partial charge in [-0.05, 0) is 56.5 Å². The van der Waals surface area contributed by atoms with Crippen LogP contribution in [0.1, 0.15) is 30.4 Å². The van der Waals surface area contributed by atoms with Gasteiger partial charge >= 0.3 is 0 Å². The third-order valence-corrected chi connectivity index (χ3v) is 3.84. The van der Waals surface area contributed by atoms with Crippen molar-refractivity contribution < 1.29 is 0 Å². The van der Waals surface area contributed by atoms with E-state index in [1.165, 1.54) is 42.6 Å². The average molecular weight is 232 g/mol. The summed E-state index contributed by atoms with van der Waals surface area (Å²) in [6, 6.07) is 7.40. The van der Waals surface area contributed by atoms with E-state index < -0.39 is 0 Å². The van der Waals surface area contributed by atoms with E-state index in [-0.39, 0.29) is 0 Å². The van der Waals surface area contributed by atoms with Crippen molar-refractivity contribution in [3.63, 3.8) is 0 Å². The Labute approximate surface area is 105 Å². The van der Waals surface area contributed by atoms with E-state index in [1.807, 2.05) is 0 Å². The molecule has 1 aromatic carbocycles. The molecule has 0 aliphatic carbocycles. The fraction of sp³-hybridized carbons (Fsp3) is 0.600. The van der Waals surface area contributed by atoms with Crippen molar-refractivity contribution in [1.82, 2.24) is 5.32 Å². The number of nitrogens with zero attached hydrogens (tertiary/aromatic N) is 1. The second-order valence-electron chi connectivity index (χ2n) is 5.30. The van der Waals surface area contributed by atoms with E-state index in [9.17, 15) is 0 Å². The first kappa shape index (κ1) is 12.4. The monoisotopic (exact) mass is 232 g/mol. The van der Waals surface area contributed by atoms with E-state index in [1.54, 1.807) is 0 Å². The van der Waals surface area contributed by atoms with Crippen molar-refractivity contribution >= 4 is 5.69 Å². The fourth-order valence-electron chi connectivity index (χ4n) is 2.48. The molecule has 1 N–H and O–H groups in total. The Hall–Kier alpha value is -1.02. The zero-order valence-corrected chi connectivity index (χ0v) is 11.3. The summed E-state index contributed by atoms with van der Waals surface area (Å²) in [5, 5.41) is 3.60. The van der Waals surface area contributed by atoms with Gasteiger partial charge in [0, 0.05) is 25.3 Å². The summed E-state index contributed by atoms with van der Waals surface area (Å²) in [4.78, 5) is 2.37. The van der Waals surface area contributed by atoms with Crippen LogP contribution in [0.15, 0.2) is 18.2 Å². The van der Waals surface area contributed by atoms with Crippen LogP contribution in [0.2, 0.25) is 0 Å². The highest BCUT2D eigenvalue weighted by Gasteiger charge is 2.14. The van der Waals surface area contributed by atoms with Crippen LogP contribution in [0.4, 0.5) is 5.69 Å². The largest absolute Gasteiger partial charge is 0.373 e. The predicted octanol–water partition coefficient (Wildman–Crippen LogP) is 2.88. The first-order valence-corrected chi connectivity index (χ1v) is 6.68. The molecule has 2 nitrogen and oxygen atoms in total. The number of aryl methyl sites for hydroxylation is 2. The molecule has 17 heavy (non-hydrogen) atoms. The Morgan fingerprint density at radius 1 is 1.24 bits per heavy atom. The van der Waals surface area contributed by atoms with E-state index in [4.69, 9.17) is 0 Å². The Balaban J connectivity index is 1.98. The minimum Gasteiger partial charge on any atom is -0.373 e. The summed E-state index contributed by atoms with van der Waals surface area (Å²) in [5.41, 5.74) is 4.09. The maximum atomic E-state index is 3.60. The van der Waals surface area contributed by atoms with Gasteiger partial charge in [-0.1, -0.05) is 12.5 Å². The molecule has 0 spiro atoms. The summed E-state index contributed by atoms with van der Waals surface area (Å²) >= 11 is 0. The lowest BCUT2D eigenvalue weighted by Crippen LogP contribution is -2.42. The van der Waals surface area contributed by atoms with Gasteiger partial charge in [0.2, 0.25) is 0 Å². The molecule has 1 aliphatic rings. The third-order valence-electron chi connectivity index (χ3n) is 3.84. The number of likely N-dealkylation sites (N-methyl/N-ethyl adjacent to an activating group) is 1. The lowest BCUT2D eigenvalue weighted by atomic mass is 10.0. The number of benzene rings is 1. The van der Waals surface area contributed by atoms with Gasteiger partial charge in [0.1, 0.15) is 0 Å². The van der Waals surface area contributed by atoms with E-state index in [0.717, 1.165) is 6.54 Å². The zero-order valence-electron chi connectivity index (χ0n) is 11.3. The van der Waals surface area contributed by atoms with Crippen LogP contribution >= 0.6 is 0 Å². The molecule has 0 aromatic heterocycles. The fourth-order valence-corrected chi connectivity index (χ4v) is 2.48. The van der Waals surface area contributed by atoms with Crippen molar-refractivity contribution in [2.45, 2.75) is 39.2 Å². The highest BCUT2D eigenvalue weighted by atomic mass is 15.1. The summed E-state index contributed by atoms with van der Waals surface area (Å²) in [7, 11) is 2.19. The maximum absolute atomic E-state index is 3.60. The van der Waals surface area contributed by atoms with E-state index in [2.05, 4.69) is 49.3 Å². The standard InChI is InChI=1S/C15H24N2/c1-12-7-8-15(10-13(12)2)17(3)11-14-6-4-5-9-16-14/h7-8,10,14,16H,4-6,9,11H2,1-3H3. The molecular formula is C15H24N2. The minimum atomic E-state index is 0.662. The van der Waals surface area contributed by atoms with Crippen LogP contribution in [0.3, 0.4) is 0 Å². The molecule has 0 amide bonds. The lowest BCUT2D eigenvalue weighted by Gasteiger charge is -2.29. The maximum Gasteiger partial charge on any atom is 0.0366 e. The number of nitrogens with one attached hydrogen (secondary N) is 1. The normalized spacial score (nSPS) is 20.3. The molecule has 1 unspecified atom stereocenters. The minimum absolute atomic E-state index is 0.662. The average Bonchev–Trinajstić information content (AvgIpc) is 2.34. The number of hydrogen-bond donors (Lipinski definition) is 1. The van der Waals surface area contributed by atoms with Gasteiger partial charge in [-0.25, -0.2) is 0 Å². The van der Waals surface area contributed by atoms with E-state index in [0.29, 0.717) is 6.04 Å². The number of hydrogen-bond acceptors (Lipinski definition) is 2. The number of piperidine rings is 1. The van der Waals surface area contributed by atoms with Crippen molar-refractivity contribution in [2.75, 3.05) is 25.0 Å². The molecule has 1 aromatic rings. The summed E-state index contributed by atoms with van der Waals surface area (Å²) in [6.07, 6.45) is 4.03. The summed E-state index contributed by atoms with van der Waals surface area (Å²) < 4.78 is 0. The van der Waals surface area contributed by atoms with Gasteiger partial charge in [-0.15, -0.1) is 0 Å². The lowest BCUT2D eigenvalue weighted by molar-refractivity contribution is 0.403. The van der Waals surface area contributed by atoms with Crippen molar-refractivity contribution in [3.05, 3.63) is 29.3 Å². The van der Waals surface area contributed by atoms with Crippen molar-refractivity contribution in [2.24, 2.45) is 0 Å². The highest BCUT2D eigenvalue weighted by Crippen LogP contribution is 2.19. The molecule has 1 atom stereocenters. The summed E-state index contributed by atoms with van der Waals surface area (Å²) in [5.74, 6) is 0. The van der Waals surface area contributed by atoms with Crippen LogP contribution in [-0.4, -0.2) is 26.2 Å². The molecule has 2 rings (SSSR count). The smallest absolute Gasteiger partial charge is 0.0366 e. The topological polar surface area (TPSA) is 15.3 Å². The quantitative estimate of drug-likeness (QED) is 0.862. The van der Waals surface area contributed by atoms with Crippen LogP contribution in [0, 0.1) is 13.8 Å². The van der Waals surface area contributed by atoms with Gasteiger partial charge in [0.05, 0.1) is 0 Å². The molecular weight excluding hydrogens is 208 g/mol. The van der Waals surface area contributed by atoms with Crippen LogP contribution < -0.4 is 10.2 Å². The molecule has 0 radical (unpaired) electrons. The second-order valence-corrected chi connectivity index (χ2v) is 5.30. The van der Waals surface area contributed by atoms with Crippen LogP contribution in [0.5, 0.6) is 0 Å². The number of rotatable bonds is 3. The van der Waals surface area contributed by atoms with Gasteiger partial charge in [-0.3, -0.25) is 0 Å². The predicted molar refractivity (Wildman–Crippen MR) is 74.8 cm³/mol. The summed E-state index contributed by atoms with van der Waals surface area (Å²) in [6.45, 7) is 6.65. The van der Waals surface area contributed by atoms with Gasteiger partial charge < -0.3 is 10.2 Å². The molecule has 1 saturated heterocycles.